The Morgan fingerprint density at radius 2 is 2.00 bits per heavy atom. The van der Waals surface area contributed by atoms with Crippen molar-refractivity contribution in [3.05, 3.63) is 70.3 Å². The van der Waals surface area contributed by atoms with Gasteiger partial charge < -0.3 is 0 Å². The van der Waals surface area contributed by atoms with E-state index < -0.39 is 0 Å². The van der Waals surface area contributed by atoms with Gasteiger partial charge in [0, 0.05) is 21.0 Å². The standard InChI is InChI=1S/C17H11BrN6OS/c18-13-6-4-11(5-7-13)15-9-26-17(20-15)21-16(25)12-2-1-3-14(8-12)24-10-19-22-23-24/h1-10H,(H,20,21,25). The van der Waals surface area contributed by atoms with E-state index in [1.807, 2.05) is 35.7 Å². The number of benzene rings is 2. The zero-order valence-corrected chi connectivity index (χ0v) is 15.6. The van der Waals surface area contributed by atoms with E-state index in [0.29, 0.717) is 16.4 Å². The highest BCUT2D eigenvalue weighted by Gasteiger charge is 2.11. The monoisotopic (exact) mass is 426 g/mol. The Labute approximate surface area is 160 Å². The van der Waals surface area contributed by atoms with Crippen LogP contribution in [-0.2, 0) is 0 Å². The molecule has 9 heteroatoms. The van der Waals surface area contributed by atoms with Crippen LogP contribution < -0.4 is 5.32 Å². The molecule has 0 aliphatic rings. The largest absolute Gasteiger partial charge is 0.298 e. The topological polar surface area (TPSA) is 85.6 Å². The summed E-state index contributed by atoms with van der Waals surface area (Å²) in [5.41, 5.74) is 3.02. The van der Waals surface area contributed by atoms with Gasteiger partial charge in [-0.2, -0.15) is 0 Å². The number of aromatic nitrogens is 5. The van der Waals surface area contributed by atoms with Crippen LogP contribution in [-0.4, -0.2) is 31.1 Å². The van der Waals surface area contributed by atoms with Gasteiger partial charge in [0.05, 0.1) is 11.4 Å². The molecule has 26 heavy (non-hydrogen) atoms. The van der Waals surface area contributed by atoms with Crippen LogP contribution in [0, 0.1) is 0 Å². The maximum absolute atomic E-state index is 12.5. The normalized spacial score (nSPS) is 10.7. The Hall–Kier alpha value is -2.91. The second-order valence-electron chi connectivity index (χ2n) is 5.30. The average molecular weight is 427 g/mol. The van der Waals surface area contributed by atoms with E-state index in [9.17, 15) is 4.79 Å². The second kappa shape index (κ2) is 7.14. The molecule has 0 unspecified atom stereocenters. The number of anilines is 1. The van der Waals surface area contributed by atoms with Gasteiger partial charge in [0.25, 0.3) is 5.91 Å². The number of rotatable bonds is 4. The van der Waals surface area contributed by atoms with Gasteiger partial charge in [-0.1, -0.05) is 34.1 Å². The summed E-state index contributed by atoms with van der Waals surface area (Å²) in [5, 5.41) is 16.3. The van der Waals surface area contributed by atoms with Gasteiger partial charge in [-0.25, -0.2) is 9.67 Å². The predicted octanol–water partition coefficient (Wildman–Crippen LogP) is 3.80. The lowest BCUT2D eigenvalue weighted by atomic mass is 10.2. The first kappa shape index (κ1) is 16.6. The molecule has 0 fully saturated rings. The van der Waals surface area contributed by atoms with Crippen LogP contribution in [0.2, 0.25) is 0 Å². The summed E-state index contributed by atoms with van der Waals surface area (Å²) in [6.45, 7) is 0. The number of halogens is 1. The average Bonchev–Trinajstić information content (AvgIpc) is 3.34. The number of thiazole rings is 1. The van der Waals surface area contributed by atoms with Crippen molar-refractivity contribution in [2.75, 3.05) is 5.32 Å². The highest BCUT2D eigenvalue weighted by atomic mass is 79.9. The van der Waals surface area contributed by atoms with E-state index in [2.05, 4.69) is 41.8 Å². The third-order valence-corrected chi connectivity index (χ3v) is 4.87. The van der Waals surface area contributed by atoms with E-state index in [4.69, 9.17) is 0 Å². The lowest BCUT2D eigenvalue weighted by Crippen LogP contribution is -2.12. The molecule has 4 rings (SSSR count). The quantitative estimate of drug-likeness (QED) is 0.536. The molecule has 0 atom stereocenters. The van der Waals surface area contributed by atoms with Crippen molar-refractivity contribution < 1.29 is 4.79 Å². The fourth-order valence-corrected chi connectivity index (χ4v) is 3.30. The van der Waals surface area contributed by atoms with Gasteiger partial charge in [0.2, 0.25) is 0 Å². The molecule has 128 valence electrons. The van der Waals surface area contributed by atoms with Crippen molar-refractivity contribution in [3.63, 3.8) is 0 Å². The second-order valence-corrected chi connectivity index (χ2v) is 7.08. The Morgan fingerprint density at radius 3 is 2.77 bits per heavy atom. The summed E-state index contributed by atoms with van der Waals surface area (Å²) in [5.74, 6) is -0.239. The summed E-state index contributed by atoms with van der Waals surface area (Å²) in [7, 11) is 0. The van der Waals surface area contributed by atoms with Crippen molar-refractivity contribution >= 4 is 38.3 Å². The zero-order chi connectivity index (χ0) is 17.9. The van der Waals surface area contributed by atoms with Crippen LogP contribution in [0.4, 0.5) is 5.13 Å². The SMILES string of the molecule is O=C(Nc1nc(-c2ccc(Br)cc2)cs1)c1cccc(-n2cnnn2)c1. The Kier molecular flexibility index (Phi) is 4.55. The third-order valence-electron chi connectivity index (χ3n) is 3.59. The van der Waals surface area contributed by atoms with Crippen LogP contribution in [0.3, 0.4) is 0 Å². The molecular formula is C17H11BrN6OS. The minimum Gasteiger partial charge on any atom is -0.298 e. The van der Waals surface area contributed by atoms with Gasteiger partial charge in [-0.15, -0.1) is 16.4 Å². The minimum atomic E-state index is -0.239. The van der Waals surface area contributed by atoms with E-state index in [1.54, 1.807) is 18.2 Å². The first-order valence-corrected chi connectivity index (χ1v) is 9.22. The van der Waals surface area contributed by atoms with Crippen LogP contribution >= 0.6 is 27.3 Å². The van der Waals surface area contributed by atoms with Crippen LogP contribution in [0.1, 0.15) is 10.4 Å². The highest BCUT2D eigenvalue weighted by Crippen LogP contribution is 2.26. The highest BCUT2D eigenvalue weighted by molar-refractivity contribution is 9.10. The van der Waals surface area contributed by atoms with Crippen molar-refractivity contribution in [1.29, 1.82) is 0 Å². The molecule has 4 aromatic rings. The summed E-state index contributed by atoms with van der Waals surface area (Å²) in [6, 6.07) is 14.9. The van der Waals surface area contributed by atoms with Crippen LogP contribution in [0.5, 0.6) is 0 Å². The van der Waals surface area contributed by atoms with E-state index in [1.165, 1.54) is 22.3 Å². The lowest BCUT2D eigenvalue weighted by molar-refractivity contribution is 0.102. The number of hydrogen-bond donors (Lipinski definition) is 1. The van der Waals surface area contributed by atoms with Crippen LogP contribution in [0.15, 0.2) is 64.7 Å². The van der Waals surface area contributed by atoms with Crippen molar-refractivity contribution in [2.45, 2.75) is 0 Å². The zero-order valence-electron chi connectivity index (χ0n) is 13.2. The van der Waals surface area contributed by atoms with Crippen LogP contribution in [0.25, 0.3) is 16.9 Å². The number of carbonyl (C=O) groups is 1. The number of nitrogens with one attached hydrogen (secondary N) is 1. The number of nitrogens with zero attached hydrogens (tertiary/aromatic N) is 5. The Balaban J connectivity index is 1.52. The molecule has 0 saturated carbocycles. The minimum absolute atomic E-state index is 0.239. The Morgan fingerprint density at radius 1 is 1.15 bits per heavy atom. The summed E-state index contributed by atoms with van der Waals surface area (Å²) < 4.78 is 2.50. The molecule has 0 saturated heterocycles. The third kappa shape index (κ3) is 3.53. The molecule has 0 bridgehead atoms. The summed E-state index contributed by atoms with van der Waals surface area (Å²) >= 11 is 4.79. The number of tetrazole rings is 1. The molecule has 0 spiro atoms. The van der Waals surface area contributed by atoms with Gasteiger partial charge >= 0.3 is 0 Å². The maximum Gasteiger partial charge on any atom is 0.257 e. The lowest BCUT2D eigenvalue weighted by Gasteiger charge is -2.04. The summed E-state index contributed by atoms with van der Waals surface area (Å²) in [4.78, 5) is 17.0. The number of amides is 1. The fourth-order valence-electron chi connectivity index (χ4n) is 2.32. The summed E-state index contributed by atoms with van der Waals surface area (Å²) in [6.07, 6.45) is 1.47. The van der Waals surface area contributed by atoms with Crippen molar-refractivity contribution in [2.24, 2.45) is 0 Å². The molecule has 1 N–H and O–H groups in total. The maximum atomic E-state index is 12.5. The Bertz CT molecular complexity index is 1050. The molecular weight excluding hydrogens is 416 g/mol. The molecule has 0 radical (unpaired) electrons. The number of hydrogen-bond acceptors (Lipinski definition) is 6. The smallest absolute Gasteiger partial charge is 0.257 e. The first-order valence-electron chi connectivity index (χ1n) is 7.55. The van der Waals surface area contributed by atoms with Gasteiger partial charge in [-0.05, 0) is 40.8 Å². The fraction of sp³-hybridized carbons (Fsp3) is 0. The van der Waals surface area contributed by atoms with Gasteiger partial charge in [0.1, 0.15) is 6.33 Å². The van der Waals surface area contributed by atoms with Crippen molar-refractivity contribution in [1.82, 2.24) is 25.2 Å². The molecule has 7 nitrogen and oxygen atoms in total. The first-order chi connectivity index (χ1) is 12.7. The van der Waals surface area contributed by atoms with Gasteiger partial charge in [-0.3, -0.25) is 10.1 Å². The predicted molar refractivity (Wildman–Crippen MR) is 102 cm³/mol. The van der Waals surface area contributed by atoms with E-state index in [0.717, 1.165) is 15.7 Å². The van der Waals surface area contributed by atoms with E-state index in [-0.39, 0.29) is 5.91 Å². The van der Waals surface area contributed by atoms with Crippen molar-refractivity contribution in [3.8, 4) is 16.9 Å². The van der Waals surface area contributed by atoms with Gasteiger partial charge in [0.15, 0.2) is 5.13 Å². The molecule has 0 aliphatic carbocycles. The van der Waals surface area contributed by atoms with E-state index >= 15 is 0 Å². The number of carbonyl (C=O) groups excluding carboxylic acids is 1. The molecule has 2 aromatic heterocycles. The molecule has 2 heterocycles. The molecule has 1 amide bonds. The molecule has 2 aromatic carbocycles. The molecule has 0 aliphatic heterocycles.